The molecule has 9 heteroatoms. The van der Waals surface area contributed by atoms with E-state index in [9.17, 15) is 4.79 Å². The fourth-order valence-corrected chi connectivity index (χ4v) is 2.89. The molecule has 0 rings (SSSR count). The Balaban J connectivity index is 5.36. The number of carboxylic acid groups (broad SMARTS) is 1. The predicted molar refractivity (Wildman–Crippen MR) is 75.5 cm³/mol. The van der Waals surface area contributed by atoms with Gasteiger partial charge < -0.3 is 5.11 Å². The molecule has 0 amide bonds. The average molecular weight is 385 g/mol. The molecule has 1 unspecified atom stereocenters. The van der Waals surface area contributed by atoms with Crippen LogP contribution in [0.5, 0.6) is 0 Å². The molecule has 0 heterocycles. The zero-order valence-corrected chi connectivity index (χ0v) is 13.8. The third-order valence-corrected chi connectivity index (χ3v) is 6.71. The summed E-state index contributed by atoms with van der Waals surface area (Å²) < 4.78 is -7.02. The van der Waals surface area contributed by atoms with E-state index in [0.717, 1.165) is 0 Å². The standard InChI is InChI=1S/C8H9Cl7O2/c1-2-3-4(9)6(10,11)8(14,15)7(12,13)5(16)17/h4H,2-3H2,1H3,(H,16,17). The topological polar surface area (TPSA) is 37.3 Å². The van der Waals surface area contributed by atoms with Crippen LogP contribution in [0.4, 0.5) is 0 Å². The van der Waals surface area contributed by atoms with Crippen LogP contribution in [0.15, 0.2) is 0 Å². The number of carboxylic acids is 1. The molecule has 0 saturated heterocycles. The maximum absolute atomic E-state index is 10.9. The summed E-state index contributed by atoms with van der Waals surface area (Å²) in [5.74, 6) is -1.67. The Labute approximate surface area is 134 Å². The maximum atomic E-state index is 10.9. The molecule has 102 valence electrons. The first-order valence-electron chi connectivity index (χ1n) is 4.43. The second-order valence-electron chi connectivity index (χ2n) is 3.33. The smallest absolute Gasteiger partial charge is 0.343 e. The van der Waals surface area contributed by atoms with Crippen molar-refractivity contribution in [2.75, 3.05) is 0 Å². The highest BCUT2D eigenvalue weighted by atomic mass is 35.5. The van der Waals surface area contributed by atoms with Crippen LogP contribution in [-0.2, 0) is 4.79 Å². The molecule has 0 aromatic carbocycles. The van der Waals surface area contributed by atoms with Crippen LogP contribution in [0.25, 0.3) is 0 Å². The summed E-state index contributed by atoms with van der Waals surface area (Å²) in [5, 5.41) is 7.94. The lowest BCUT2D eigenvalue weighted by atomic mass is 10.1. The van der Waals surface area contributed by atoms with Crippen LogP contribution in [0.1, 0.15) is 19.8 Å². The van der Waals surface area contributed by atoms with Crippen LogP contribution < -0.4 is 0 Å². The van der Waals surface area contributed by atoms with E-state index in [-0.39, 0.29) is 0 Å². The van der Waals surface area contributed by atoms with Crippen molar-refractivity contribution in [1.82, 2.24) is 0 Å². The van der Waals surface area contributed by atoms with E-state index in [2.05, 4.69) is 0 Å². The predicted octanol–water partition coefficient (Wildman–Crippen LogP) is 5.00. The van der Waals surface area contributed by atoms with E-state index >= 15 is 0 Å². The number of halogens is 7. The van der Waals surface area contributed by atoms with Gasteiger partial charge in [0, 0.05) is 0 Å². The van der Waals surface area contributed by atoms with Crippen molar-refractivity contribution < 1.29 is 9.90 Å². The summed E-state index contributed by atoms with van der Waals surface area (Å²) in [6.45, 7) is 1.83. The Bertz CT molecular complexity index is 290. The molecule has 0 saturated carbocycles. The van der Waals surface area contributed by atoms with E-state index < -0.39 is 24.3 Å². The largest absolute Gasteiger partial charge is 0.479 e. The molecule has 0 aromatic heterocycles. The Morgan fingerprint density at radius 2 is 1.59 bits per heavy atom. The van der Waals surface area contributed by atoms with Gasteiger partial charge in [0.1, 0.15) is 0 Å². The normalized spacial score (nSPS) is 15.8. The van der Waals surface area contributed by atoms with Crippen LogP contribution in [0.2, 0.25) is 0 Å². The number of carbonyl (C=O) groups is 1. The van der Waals surface area contributed by atoms with Crippen LogP contribution in [0, 0.1) is 0 Å². The molecule has 2 nitrogen and oxygen atoms in total. The third kappa shape index (κ3) is 3.53. The number of hydrogen-bond acceptors (Lipinski definition) is 1. The molecule has 0 aromatic rings. The van der Waals surface area contributed by atoms with Crippen molar-refractivity contribution in [2.45, 2.75) is 38.1 Å². The van der Waals surface area contributed by atoms with Gasteiger partial charge in [-0.25, -0.2) is 4.79 Å². The molecule has 0 fully saturated rings. The van der Waals surface area contributed by atoms with Crippen molar-refractivity contribution in [3.8, 4) is 0 Å². The SMILES string of the molecule is CCCC(Cl)C(Cl)(Cl)C(Cl)(Cl)C(Cl)(Cl)C(=O)O. The molecule has 0 radical (unpaired) electrons. The van der Waals surface area contributed by atoms with Crippen LogP contribution in [-0.4, -0.2) is 29.5 Å². The molecule has 1 atom stereocenters. The minimum absolute atomic E-state index is 0.360. The summed E-state index contributed by atoms with van der Waals surface area (Å²) in [6, 6.07) is 0. The Kier molecular flexibility index (Phi) is 6.86. The van der Waals surface area contributed by atoms with Gasteiger partial charge in [-0.1, -0.05) is 83.0 Å². The average Bonchev–Trinajstić information content (AvgIpc) is 2.17. The molecule has 0 aliphatic carbocycles. The Hall–Kier alpha value is 1.50. The molecular weight excluding hydrogens is 376 g/mol. The number of alkyl halides is 7. The third-order valence-electron chi connectivity index (χ3n) is 2.02. The number of rotatable bonds is 6. The first-order chi connectivity index (χ1) is 7.42. The first kappa shape index (κ1) is 18.5. The van der Waals surface area contributed by atoms with E-state index in [1.165, 1.54) is 0 Å². The summed E-state index contributed by atoms with van der Waals surface area (Å²) >= 11 is 40.5. The van der Waals surface area contributed by atoms with Crippen molar-refractivity contribution in [1.29, 1.82) is 0 Å². The first-order valence-corrected chi connectivity index (χ1v) is 7.14. The van der Waals surface area contributed by atoms with Gasteiger partial charge in [0.25, 0.3) is 0 Å². The lowest BCUT2D eigenvalue weighted by molar-refractivity contribution is -0.138. The molecule has 0 aliphatic rings. The van der Waals surface area contributed by atoms with Crippen molar-refractivity contribution in [2.24, 2.45) is 0 Å². The van der Waals surface area contributed by atoms with Gasteiger partial charge in [0.05, 0.1) is 5.38 Å². The van der Waals surface area contributed by atoms with Crippen LogP contribution >= 0.6 is 81.2 Å². The molecule has 0 spiro atoms. The zero-order valence-electron chi connectivity index (χ0n) is 8.49. The Morgan fingerprint density at radius 3 is 1.88 bits per heavy atom. The fourth-order valence-electron chi connectivity index (χ4n) is 0.975. The highest BCUT2D eigenvalue weighted by Crippen LogP contribution is 2.57. The van der Waals surface area contributed by atoms with Gasteiger partial charge in [0.2, 0.25) is 4.33 Å². The molecular formula is C8H9Cl7O2. The molecule has 1 N–H and O–H groups in total. The van der Waals surface area contributed by atoms with Crippen molar-refractivity contribution in [3.05, 3.63) is 0 Å². The lowest BCUT2D eigenvalue weighted by Gasteiger charge is -2.40. The molecule has 17 heavy (non-hydrogen) atoms. The lowest BCUT2D eigenvalue weighted by Crippen LogP contribution is -2.57. The summed E-state index contributed by atoms with van der Waals surface area (Å²) in [4.78, 5) is 10.9. The van der Waals surface area contributed by atoms with E-state index in [1.54, 1.807) is 0 Å². The highest BCUT2D eigenvalue weighted by molar-refractivity contribution is 6.74. The minimum Gasteiger partial charge on any atom is -0.479 e. The van der Waals surface area contributed by atoms with Gasteiger partial charge in [-0.15, -0.1) is 11.6 Å². The monoisotopic (exact) mass is 382 g/mol. The van der Waals surface area contributed by atoms with Crippen molar-refractivity contribution >= 4 is 87.2 Å². The number of hydrogen-bond donors (Lipinski definition) is 1. The summed E-state index contributed by atoms with van der Waals surface area (Å²) in [7, 11) is 0. The number of aliphatic carboxylic acids is 1. The van der Waals surface area contributed by atoms with E-state index in [1.807, 2.05) is 6.92 Å². The second kappa shape index (κ2) is 6.30. The molecule has 0 aliphatic heterocycles. The van der Waals surface area contributed by atoms with Gasteiger partial charge in [0.15, 0.2) is 8.67 Å². The Morgan fingerprint density at radius 1 is 1.18 bits per heavy atom. The fraction of sp³-hybridized carbons (Fsp3) is 0.875. The zero-order chi connectivity index (χ0) is 14.1. The summed E-state index contributed by atoms with van der Waals surface area (Å²) in [5.41, 5.74) is 0. The van der Waals surface area contributed by atoms with Gasteiger partial charge in [-0.05, 0) is 6.42 Å². The maximum Gasteiger partial charge on any atom is 0.343 e. The van der Waals surface area contributed by atoms with Gasteiger partial charge >= 0.3 is 5.97 Å². The van der Waals surface area contributed by atoms with Crippen LogP contribution in [0.3, 0.4) is 0 Å². The second-order valence-corrected chi connectivity index (χ2v) is 7.90. The minimum atomic E-state index is -2.60. The highest BCUT2D eigenvalue weighted by Gasteiger charge is 2.66. The van der Waals surface area contributed by atoms with Crippen molar-refractivity contribution in [3.63, 3.8) is 0 Å². The molecule has 0 bridgehead atoms. The van der Waals surface area contributed by atoms with Gasteiger partial charge in [-0.2, -0.15) is 0 Å². The van der Waals surface area contributed by atoms with E-state index in [4.69, 9.17) is 86.3 Å². The summed E-state index contributed by atoms with van der Waals surface area (Å²) in [6.07, 6.45) is 1.00. The quantitative estimate of drug-likeness (QED) is 0.654. The van der Waals surface area contributed by atoms with E-state index in [0.29, 0.717) is 12.8 Å². The van der Waals surface area contributed by atoms with Gasteiger partial charge in [-0.3, -0.25) is 0 Å².